The van der Waals surface area contributed by atoms with Crippen LogP contribution in [0.2, 0.25) is 5.02 Å². The van der Waals surface area contributed by atoms with E-state index < -0.39 is 17.9 Å². The van der Waals surface area contributed by atoms with Crippen LogP contribution in [-0.4, -0.2) is 24.3 Å². The first-order valence-corrected chi connectivity index (χ1v) is 8.54. The molecule has 1 aliphatic heterocycles. The number of primary amides is 1. The van der Waals surface area contributed by atoms with Crippen molar-refractivity contribution in [3.8, 4) is 0 Å². The highest BCUT2D eigenvalue weighted by atomic mass is 35.5. The summed E-state index contributed by atoms with van der Waals surface area (Å²) in [7, 11) is 0. The Kier molecular flexibility index (Phi) is 5.23. The van der Waals surface area contributed by atoms with Gasteiger partial charge in [0.05, 0.1) is 5.92 Å². The van der Waals surface area contributed by atoms with E-state index in [1.54, 1.807) is 48.5 Å². The molecule has 2 atom stereocenters. The summed E-state index contributed by atoms with van der Waals surface area (Å²) in [4.78, 5) is 38.2. The molecular weight excluding hydrogens is 354 g/mol. The minimum absolute atomic E-state index is 0.0681. The summed E-state index contributed by atoms with van der Waals surface area (Å²) < 4.78 is 0. The van der Waals surface area contributed by atoms with E-state index >= 15 is 0 Å². The van der Waals surface area contributed by atoms with E-state index in [1.165, 1.54) is 4.90 Å². The molecule has 0 aromatic heterocycles. The van der Waals surface area contributed by atoms with Gasteiger partial charge in [-0.15, -0.1) is 0 Å². The van der Waals surface area contributed by atoms with Crippen LogP contribution in [0.5, 0.6) is 0 Å². The first-order valence-electron chi connectivity index (χ1n) is 8.16. The number of amides is 3. The molecule has 2 aromatic carbocycles. The maximum absolute atomic E-state index is 12.6. The van der Waals surface area contributed by atoms with Gasteiger partial charge in [0.15, 0.2) is 0 Å². The van der Waals surface area contributed by atoms with Crippen molar-refractivity contribution in [1.82, 2.24) is 5.32 Å². The number of nitrogens with zero attached hydrogens (tertiary/aromatic N) is 1. The molecule has 3 rings (SSSR count). The van der Waals surface area contributed by atoms with Gasteiger partial charge < -0.3 is 16.0 Å². The Morgan fingerprint density at radius 2 is 1.88 bits per heavy atom. The molecule has 1 heterocycles. The molecule has 3 amide bonds. The van der Waals surface area contributed by atoms with Crippen LogP contribution >= 0.6 is 11.6 Å². The van der Waals surface area contributed by atoms with E-state index in [-0.39, 0.29) is 24.8 Å². The molecule has 0 aliphatic carbocycles. The van der Waals surface area contributed by atoms with Gasteiger partial charge in [-0.25, -0.2) is 0 Å². The first kappa shape index (κ1) is 17.9. The van der Waals surface area contributed by atoms with E-state index in [0.29, 0.717) is 16.3 Å². The number of benzene rings is 2. The second kappa shape index (κ2) is 7.58. The third kappa shape index (κ3) is 3.86. The number of hydrogen-bond donors (Lipinski definition) is 2. The van der Waals surface area contributed by atoms with Gasteiger partial charge in [-0.2, -0.15) is 0 Å². The van der Waals surface area contributed by atoms with E-state index in [2.05, 4.69) is 5.32 Å². The van der Waals surface area contributed by atoms with Gasteiger partial charge in [0.25, 0.3) is 0 Å². The van der Waals surface area contributed by atoms with Crippen molar-refractivity contribution in [3.63, 3.8) is 0 Å². The number of halogens is 1. The summed E-state index contributed by atoms with van der Waals surface area (Å²) in [5, 5.41) is 3.18. The second-order valence-electron chi connectivity index (χ2n) is 6.14. The lowest BCUT2D eigenvalue weighted by atomic mass is 10.0. The zero-order valence-corrected chi connectivity index (χ0v) is 14.6. The molecular formula is C19H18ClN3O3. The van der Waals surface area contributed by atoms with Gasteiger partial charge in [0, 0.05) is 23.7 Å². The lowest BCUT2D eigenvalue weighted by Gasteiger charge is -2.19. The molecule has 0 bridgehead atoms. The highest BCUT2D eigenvalue weighted by Crippen LogP contribution is 2.27. The third-order valence-corrected chi connectivity index (χ3v) is 4.55. The average Bonchev–Trinajstić information content (AvgIpc) is 3.02. The van der Waals surface area contributed by atoms with E-state index in [0.717, 1.165) is 0 Å². The van der Waals surface area contributed by atoms with E-state index in [1.807, 2.05) is 6.07 Å². The Hall–Kier alpha value is -2.86. The lowest BCUT2D eigenvalue weighted by Crippen LogP contribution is -2.41. The molecule has 7 heteroatoms. The lowest BCUT2D eigenvalue weighted by molar-refractivity contribution is -0.130. The predicted octanol–water partition coefficient (Wildman–Crippen LogP) is 2.04. The second-order valence-corrected chi connectivity index (χ2v) is 6.58. The van der Waals surface area contributed by atoms with Crippen LogP contribution < -0.4 is 16.0 Å². The summed E-state index contributed by atoms with van der Waals surface area (Å²) in [6, 6.07) is 14.7. The van der Waals surface area contributed by atoms with Crippen LogP contribution in [0.4, 0.5) is 5.69 Å². The Morgan fingerprint density at radius 1 is 1.15 bits per heavy atom. The maximum atomic E-state index is 12.6. The predicted molar refractivity (Wildman–Crippen MR) is 98.4 cm³/mol. The Morgan fingerprint density at radius 3 is 2.54 bits per heavy atom. The van der Waals surface area contributed by atoms with Gasteiger partial charge in [0.2, 0.25) is 17.7 Å². The molecule has 1 fully saturated rings. The van der Waals surface area contributed by atoms with Crippen molar-refractivity contribution in [1.29, 1.82) is 0 Å². The molecule has 0 radical (unpaired) electrons. The fourth-order valence-electron chi connectivity index (χ4n) is 3.00. The molecule has 3 N–H and O–H groups in total. The molecule has 26 heavy (non-hydrogen) atoms. The highest BCUT2D eigenvalue weighted by Gasteiger charge is 2.36. The number of hydrogen-bond acceptors (Lipinski definition) is 3. The molecule has 2 aromatic rings. The van der Waals surface area contributed by atoms with Gasteiger partial charge >= 0.3 is 0 Å². The van der Waals surface area contributed by atoms with Crippen molar-refractivity contribution >= 4 is 35.0 Å². The maximum Gasteiger partial charge on any atom is 0.244 e. The van der Waals surface area contributed by atoms with Crippen LogP contribution in [0.25, 0.3) is 0 Å². The highest BCUT2D eigenvalue weighted by molar-refractivity contribution is 6.31. The number of carbonyl (C=O) groups excluding carboxylic acids is 3. The summed E-state index contributed by atoms with van der Waals surface area (Å²) in [5.41, 5.74) is 6.68. The van der Waals surface area contributed by atoms with Crippen molar-refractivity contribution in [2.75, 3.05) is 11.4 Å². The topological polar surface area (TPSA) is 92.5 Å². The summed E-state index contributed by atoms with van der Waals surface area (Å²) in [5.74, 6) is -1.76. The molecule has 134 valence electrons. The van der Waals surface area contributed by atoms with Gasteiger partial charge in [-0.05, 0) is 23.8 Å². The first-order chi connectivity index (χ1) is 12.5. The number of nitrogens with two attached hydrogens (primary N) is 1. The van der Waals surface area contributed by atoms with Crippen LogP contribution in [0.15, 0.2) is 54.6 Å². The number of nitrogens with one attached hydrogen (secondary N) is 1. The van der Waals surface area contributed by atoms with Crippen LogP contribution in [0.3, 0.4) is 0 Å². The minimum atomic E-state index is -0.931. The number of carbonyl (C=O) groups is 3. The Balaban J connectivity index is 1.72. The van der Waals surface area contributed by atoms with E-state index in [9.17, 15) is 14.4 Å². The van der Waals surface area contributed by atoms with Crippen LogP contribution in [0.1, 0.15) is 18.0 Å². The molecule has 1 aliphatic rings. The smallest absolute Gasteiger partial charge is 0.244 e. The zero-order chi connectivity index (χ0) is 18.7. The monoisotopic (exact) mass is 371 g/mol. The fourth-order valence-corrected chi connectivity index (χ4v) is 3.19. The number of rotatable bonds is 5. The summed E-state index contributed by atoms with van der Waals surface area (Å²) in [6.45, 7) is 0.227. The van der Waals surface area contributed by atoms with Gasteiger partial charge in [0.1, 0.15) is 6.04 Å². The standard InChI is InChI=1S/C19H18ClN3O3/c20-14-7-4-8-15(10-14)23-11-13(9-16(23)24)19(26)22-17(18(21)25)12-5-2-1-3-6-12/h1-8,10,13,17H,9,11H2,(H2,21,25)(H,22,26). The van der Waals surface area contributed by atoms with Gasteiger partial charge in [-0.1, -0.05) is 48.0 Å². The van der Waals surface area contributed by atoms with E-state index in [4.69, 9.17) is 17.3 Å². The molecule has 0 saturated carbocycles. The minimum Gasteiger partial charge on any atom is -0.368 e. The van der Waals surface area contributed by atoms with Crippen molar-refractivity contribution in [3.05, 3.63) is 65.2 Å². The Labute approximate surface area is 155 Å². The largest absolute Gasteiger partial charge is 0.368 e. The van der Waals surface area contributed by atoms with Gasteiger partial charge in [-0.3, -0.25) is 14.4 Å². The number of anilines is 1. The van der Waals surface area contributed by atoms with Crippen LogP contribution in [-0.2, 0) is 14.4 Å². The summed E-state index contributed by atoms with van der Waals surface area (Å²) in [6.07, 6.45) is 0.0681. The molecule has 6 nitrogen and oxygen atoms in total. The Bertz CT molecular complexity index is 841. The van der Waals surface area contributed by atoms with Crippen LogP contribution in [0, 0.1) is 5.92 Å². The van der Waals surface area contributed by atoms with Crippen molar-refractivity contribution < 1.29 is 14.4 Å². The SMILES string of the molecule is NC(=O)C(NC(=O)C1CC(=O)N(c2cccc(Cl)c2)C1)c1ccccc1. The fraction of sp³-hybridized carbons (Fsp3) is 0.211. The normalized spacial score (nSPS) is 17.8. The quantitative estimate of drug-likeness (QED) is 0.842. The van der Waals surface area contributed by atoms with Crippen molar-refractivity contribution in [2.45, 2.75) is 12.5 Å². The van der Waals surface area contributed by atoms with Crippen molar-refractivity contribution in [2.24, 2.45) is 11.7 Å². The molecule has 0 spiro atoms. The average molecular weight is 372 g/mol. The summed E-state index contributed by atoms with van der Waals surface area (Å²) >= 11 is 5.97. The molecule has 2 unspecified atom stereocenters. The molecule has 1 saturated heterocycles. The third-order valence-electron chi connectivity index (χ3n) is 4.32. The zero-order valence-electron chi connectivity index (χ0n) is 13.9.